The van der Waals surface area contributed by atoms with Crippen LogP contribution in [0.4, 0.5) is 0 Å². The molecule has 0 fully saturated rings. The predicted molar refractivity (Wildman–Crippen MR) is 68.9 cm³/mol. The minimum atomic E-state index is 0.378. The predicted octanol–water partition coefficient (Wildman–Crippen LogP) is 4.23. The van der Waals surface area contributed by atoms with Gasteiger partial charge >= 0.3 is 0 Å². The van der Waals surface area contributed by atoms with Gasteiger partial charge in [0, 0.05) is 13.7 Å². The number of hydrogen-bond donors (Lipinski definition) is 0. The van der Waals surface area contributed by atoms with Crippen LogP contribution in [0.1, 0.15) is 5.56 Å². The summed E-state index contributed by atoms with van der Waals surface area (Å²) < 4.78 is 2.25. The zero-order valence-corrected chi connectivity index (χ0v) is 10.8. The quantitative estimate of drug-likeness (QED) is 0.717. The van der Waals surface area contributed by atoms with Crippen molar-refractivity contribution in [2.24, 2.45) is 0 Å². The number of nitriles is 1. The number of halogens is 2. The van der Waals surface area contributed by atoms with Crippen LogP contribution < -0.4 is 0 Å². The molecular weight excluding hydrogens is 329 g/mol. The third-order valence-electron chi connectivity index (χ3n) is 2.00. The highest BCUT2D eigenvalue weighted by atomic mass is 127. The lowest BCUT2D eigenvalue weighted by atomic mass is 10.1. The smallest absolute Gasteiger partial charge is 0.0670 e. The average molecular weight is 334 g/mol. The van der Waals surface area contributed by atoms with Crippen LogP contribution in [0, 0.1) is 14.9 Å². The standard InChI is InChI=1S/C10H5ClINS/c11-10-6(1-3-13)8(12)5-9-7(10)2-4-14-9/h2,4-5H,1H2. The first-order chi connectivity index (χ1) is 6.74. The second-order valence-electron chi connectivity index (χ2n) is 2.82. The van der Waals surface area contributed by atoms with Crippen LogP contribution >= 0.6 is 45.5 Å². The van der Waals surface area contributed by atoms with Crippen molar-refractivity contribution in [3.05, 3.63) is 31.7 Å². The van der Waals surface area contributed by atoms with Crippen LogP contribution in [0.15, 0.2) is 17.5 Å². The normalized spacial score (nSPS) is 10.4. The second-order valence-corrected chi connectivity index (χ2v) is 5.31. The molecule has 0 aliphatic heterocycles. The summed E-state index contributed by atoms with van der Waals surface area (Å²) in [5, 5.41) is 12.5. The molecular formula is C10H5ClINS. The molecule has 0 saturated carbocycles. The SMILES string of the molecule is N#CCc1c(I)cc2sccc2c1Cl. The van der Waals surface area contributed by atoms with Crippen LogP contribution in [-0.4, -0.2) is 0 Å². The molecule has 0 aliphatic carbocycles. The molecule has 0 spiro atoms. The van der Waals surface area contributed by atoms with Crippen LogP contribution in [0.5, 0.6) is 0 Å². The minimum Gasteiger partial charge on any atom is -0.198 e. The molecule has 0 saturated heterocycles. The summed E-state index contributed by atoms with van der Waals surface area (Å²) in [6.45, 7) is 0. The molecule has 0 atom stereocenters. The van der Waals surface area contributed by atoms with Crippen molar-refractivity contribution < 1.29 is 0 Å². The number of hydrogen-bond acceptors (Lipinski definition) is 2. The molecule has 0 amide bonds. The van der Waals surface area contributed by atoms with E-state index in [4.69, 9.17) is 16.9 Å². The third kappa shape index (κ3) is 1.62. The summed E-state index contributed by atoms with van der Waals surface area (Å²) in [5.74, 6) is 0. The topological polar surface area (TPSA) is 23.8 Å². The molecule has 70 valence electrons. The molecule has 0 unspecified atom stereocenters. The lowest BCUT2D eigenvalue weighted by molar-refractivity contribution is 1.26. The molecule has 2 rings (SSSR count). The molecule has 2 aromatic rings. The highest BCUT2D eigenvalue weighted by Crippen LogP contribution is 2.34. The van der Waals surface area contributed by atoms with Gasteiger partial charge in [0.2, 0.25) is 0 Å². The molecule has 1 aromatic carbocycles. The molecule has 1 aromatic heterocycles. The molecule has 0 N–H and O–H groups in total. The Kier molecular flexibility index (Phi) is 2.96. The van der Waals surface area contributed by atoms with E-state index in [1.807, 2.05) is 11.4 Å². The first kappa shape index (κ1) is 10.2. The van der Waals surface area contributed by atoms with Crippen LogP contribution in [0.3, 0.4) is 0 Å². The van der Waals surface area contributed by atoms with Crippen molar-refractivity contribution in [1.29, 1.82) is 5.26 Å². The van der Waals surface area contributed by atoms with Crippen LogP contribution in [0.25, 0.3) is 10.1 Å². The van der Waals surface area contributed by atoms with E-state index in [2.05, 4.69) is 34.7 Å². The maximum Gasteiger partial charge on any atom is 0.0670 e. The van der Waals surface area contributed by atoms with E-state index in [1.165, 1.54) is 4.70 Å². The summed E-state index contributed by atoms with van der Waals surface area (Å²) >= 11 is 10.1. The molecule has 0 aliphatic rings. The third-order valence-corrected chi connectivity index (χ3v) is 4.26. The molecule has 0 radical (unpaired) electrons. The van der Waals surface area contributed by atoms with E-state index >= 15 is 0 Å². The Morgan fingerprint density at radius 1 is 1.57 bits per heavy atom. The summed E-state index contributed by atoms with van der Waals surface area (Å²) in [4.78, 5) is 0. The summed E-state index contributed by atoms with van der Waals surface area (Å²) in [5.41, 5.74) is 0.945. The molecule has 0 bridgehead atoms. The van der Waals surface area contributed by atoms with Crippen molar-refractivity contribution >= 4 is 55.6 Å². The van der Waals surface area contributed by atoms with E-state index in [0.717, 1.165) is 19.5 Å². The Hall–Kier alpha value is -0.310. The maximum absolute atomic E-state index is 8.68. The largest absolute Gasteiger partial charge is 0.198 e. The lowest BCUT2D eigenvalue weighted by Gasteiger charge is -2.04. The molecule has 1 heterocycles. The Morgan fingerprint density at radius 2 is 2.36 bits per heavy atom. The second kappa shape index (κ2) is 4.05. The lowest BCUT2D eigenvalue weighted by Crippen LogP contribution is -1.88. The van der Waals surface area contributed by atoms with Gasteiger partial charge < -0.3 is 0 Å². The Labute approximate surface area is 104 Å². The fourth-order valence-electron chi connectivity index (χ4n) is 1.32. The van der Waals surface area contributed by atoms with Crippen molar-refractivity contribution in [2.75, 3.05) is 0 Å². The van der Waals surface area contributed by atoms with Gasteiger partial charge in [-0.25, -0.2) is 0 Å². The fraction of sp³-hybridized carbons (Fsp3) is 0.100. The van der Waals surface area contributed by atoms with Crippen LogP contribution in [0.2, 0.25) is 5.02 Å². The van der Waals surface area contributed by atoms with Crippen molar-refractivity contribution in [3.63, 3.8) is 0 Å². The van der Waals surface area contributed by atoms with E-state index < -0.39 is 0 Å². The monoisotopic (exact) mass is 333 g/mol. The molecule has 1 nitrogen and oxygen atoms in total. The number of fused-ring (bicyclic) bond motifs is 1. The number of thiophene rings is 1. The van der Waals surface area contributed by atoms with Crippen molar-refractivity contribution in [2.45, 2.75) is 6.42 Å². The van der Waals surface area contributed by atoms with Crippen molar-refractivity contribution in [1.82, 2.24) is 0 Å². The van der Waals surface area contributed by atoms with E-state index in [0.29, 0.717) is 6.42 Å². The summed E-state index contributed by atoms with van der Waals surface area (Å²) in [6.07, 6.45) is 0.378. The van der Waals surface area contributed by atoms with Gasteiger partial charge in [0.1, 0.15) is 0 Å². The number of benzene rings is 1. The van der Waals surface area contributed by atoms with Gasteiger partial charge in [0.15, 0.2) is 0 Å². The van der Waals surface area contributed by atoms with E-state index in [9.17, 15) is 0 Å². The molecule has 14 heavy (non-hydrogen) atoms. The van der Waals surface area contributed by atoms with Crippen molar-refractivity contribution in [3.8, 4) is 6.07 Å². The fourth-order valence-corrected chi connectivity index (χ4v) is 3.69. The van der Waals surface area contributed by atoms with E-state index in [-0.39, 0.29) is 0 Å². The number of rotatable bonds is 1. The Morgan fingerprint density at radius 3 is 3.07 bits per heavy atom. The average Bonchev–Trinajstić information content (AvgIpc) is 2.60. The minimum absolute atomic E-state index is 0.378. The van der Waals surface area contributed by atoms with E-state index in [1.54, 1.807) is 11.3 Å². The maximum atomic E-state index is 8.68. The zero-order chi connectivity index (χ0) is 10.1. The van der Waals surface area contributed by atoms with Gasteiger partial charge in [-0.15, -0.1) is 11.3 Å². The summed E-state index contributed by atoms with van der Waals surface area (Å²) in [6, 6.07) is 6.22. The first-order valence-corrected chi connectivity index (χ1v) is 6.28. The van der Waals surface area contributed by atoms with Crippen LogP contribution in [-0.2, 0) is 6.42 Å². The summed E-state index contributed by atoms with van der Waals surface area (Å²) in [7, 11) is 0. The zero-order valence-electron chi connectivity index (χ0n) is 7.05. The number of nitrogens with zero attached hydrogens (tertiary/aromatic N) is 1. The van der Waals surface area contributed by atoms with Gasteiger partial charge in [-0.2, -0.15) is 5.26 Å². The highest BCUT2D eigenvalue weighted by molar-refractivity contribution is 14.1. The van der Waals surface area contributed by atoms with Gasteiger partial charge in [-0.05, 0) is 45.7 Å². The highest BCUT2D eigenvalue weighted by Gasteiger charge is 2.10. The first-order valence-electron chi connectivity index (χ1n) is 3.95. The molecule has 4 heteroatoms. The van der Waals surface area contributed by atoms with Gasteiger partial charge in [-0.3, -0.25) is 0 Å². The Bertz CT molecular complexity index is 527. The Balaban J connectivity index is 2.77. The van der Waals surface area contributed by atoms with Gasteiger partial charge in [0.25, 0.3) is 0 Å². The van der Waals surface area contributed by atoms with Gasteiger partial charge in [0.05, 0.1) is 17.5 Å². The van der Waals surface area contributed by atoms with Gasteiger partial charge in [-0.1, -0.05) is 11.6 Å².